The van der Waals surface area contributed by atoms with Crippen molar-refractivity contribution in [3.8, 4) is 0 Å². The molecule has 0 unspecified atom stereocenters. The molecule has 0 saturated carbocycles. The number of amides is 2. The van der Waals surface area contributed by atoms with Gasteiger partial charge in [-0.05, 0) is 17.2 Å². The Labute approximate surface area is 182 Å². The molecule has 0 aliphatic rings. The molecule has 10 nitrogen and oxygen atoms in total. The van der Waals surface area contributed by atoms with Crippen molar-refractivity contribution in [1.29, 1.82) is 0 Å². The fourth-order valence-electron chi connectivity index (χ4n) is 3.26. The molecule has 10 heteroatoms. The van der Waals surface area contributed by atoms with Gasteiger partial charge in [0, 0.05) is 23.5 Å². The Morgan fingerprint density at radius 1 is 1.09 bits per heavy atom. The summed E-state index contributed by atoms with van der Waals surface area (Å²) >= 11 is 0. The molecule has 0 bridgehead atoms. The van der Waals surface area contributed by atoms with Crippen LogP contribution in [-0.2, 0) is 24.3 Å². The van der Waals surface area contributed by atoms with Gasteiger partial charge in [0.2, 0.25) is 11.8 Å². The molecule has 2 aromatic heterocycles. The molecule has 1 atom stereocenters. The number of hydrogen-bond acceptors (Lipinski definition) is 6. The molecule has 2 amide bonds. The number of fused-ring (bicyclic) bond motifs is 1. The van der Waals surface area contributed by atoms with Crippen LogP contribution >= 0.6 is 0 Å². The van der Waals surface area contributed by atoms with E-state index >= 15 is 0 Å². The van der Waals surface area contributed by atoms with E-state index in [1.54, 1.807) is 0 Å². The van der Waals surface area contributed by atoms with Crippen LogP contribution in [0.5, 0.6) is 0 Å². The predicted octanol–water partition coefficient (Wildman–Crippen LogP) is 3.53. The van der Waals surface area contributed by atoms with E-state index in [-0.39, 0.29) is 24.9 Å². The molecule has 2 aromatic carbocycles. The summed E-state index contributed by atoms with van der Waals surface area (Å²) in [5.74, 6) is 0.236. The zero-order valence-electron chi connectivity index (χ0n) is 16.9. The Morgan fingerprint density at radius 3 is 2.69 bits per heavy atom. The van der Waals surface area contributed by atoms with Crippen molar-refractivity contribution >= 4 is 23.1 Å². The maximum absolute atomic E-state index is 12.5. The van der Waals surface area contributed by atoms with E-state index in [2.05, 4.69) is 25.8 Å². The van der Waals surface area contributed by atoms with Crippen LogP contribution in [-0.4, -0.2) is 32.5 Å². The van der Waals surface area contributed by atoms with Crippen LogP contribution in [0.3, 0.4) is 0 Å². The first-order valence-electron chi connectivity index (χ1n) is 9.90. The average molecular weight is 435 g/mol. The standard InChI is InChI=1S/C22H21N5O5/c28-21(29)24-12-19-26-27-20(32-19)18(10-15-11-23-17-9-5-4-8-16(15)17)25-22(30)31-13-14-6-2-1-3-7-14/h1-9,11,18,23-24H,10,12-13H2,(H,25,30)(H,28,29)/t18-/m0/s1. The number of hydrogen-bond donors (Lipinski definition) is 4. The van der Waals surface area contributed by atoms with Gasteiger partial charge in [-0.2, -0.15) is 0 Å². The third-order valence-corrected chi connectivity index (χ3v) is 4.78. The third kappa shape index (κ3) is 5.22. The van der Waals surface area contributed by atoms with Crippen LogP contribution in [0.1, 0.15) is 29.0 Å². The van der Waals surface area contributed by atoms with Gasteiger partial charge in [0.1, 0.15) is 12.6 Å². The van der Waals surface area contributed by atoms with Crippen LogP contribution in [0.2, 0.25) is 0 Å². The number of ether oxygens (including phenoxy) is 1. The molecule has 0 fully saturated rings. The fraction of sp³-hybridized carbons (Fsp3) is 0.182. The molecule has 2 heterocycles. The van der Waals surface area contributed by atoms with Crippen LogP contribution in [0.4, 0.5) is 9.59 Å². The van der Waals surface area contributed by atoms with Crippen molar-refractivity contribution in [2.75, 3.05) is 0 Å². The summed E-state index contributed by atoms with van der Waals surface area (Å²) in [6, 6.07) is 16.4. The van der Waals surface area contributed by atoms with Crippen LogP contribution < -0.4 is 10.6 Å². The van der Waals surface area contributed by atoms with E-state index < -0.39 is 18.2 Å². The van der Waals surface area contributed by atoms with Gasteiger partial charge >= 0.3 is 12.2 Å². The number of rotatable bonds is 8. The molecule has 0 aliphatic heterocycles. The van der Waals surface area contributed by atoms with Crippen LogP contribution in [0.15, 0.2) is 65.2 Å². The highest BCUT2D eigenvalue weighted by Gasteiger charge is 2.24. The Kier molecular flexibility index (Phi) is 6.30. The van der Waals surface area contributed by atoms with Gasteiger partial charge in [0.15, 0.2) is 0 Å². The summed E-state index contributed by atoms with van der Waals surface area (Å²) < 4.78 is 10.9. The summed E-state index contributed by atoms with van der Waals surface area (Å²) in [5, 5.41) is 22.6. The topological polar surface area (TPSA) is 142 Å². The molecule has 4 N–H and O–H groups in total. The molecule has 164 valence electrons. The second-order valence-corrected chi connectivity index (χ2v) is 7.02. The molecule has 32 heavy (non-hydrogen) atoms. The molecule has 0 spiro atoms. The van der Waals surface area contributed by atoms with Gasteiger partial charge < -0.3 is 29.9 Å². The number of aromatic nitrogens is 3. The van der Waals surface area contributed by atoms with E-state index in [4.69, 9.17) is 14.3 Å². The summed E-state index contributed by atoms with van der Waals surface area (Å²) in [4.78, 5) is 26.4. The monoisotopic (exact) mass is 435 g/mol. The predicted molar refractivity (Wildman–Crippen MR) is 114 cm³/mol. The highest BCUT2D eigenvalue weighted by molar-refractivity contribution is 5.83. The van der Waals surface area contributed by atoms with Crippen molar-refractivity contribution in [3.63, 3.8) is 0 Å². The van der Waals surface area contributed by atoms with Crippen LogP contribution in [0.25, 0.3) is 10.9 Å². The zero-order chi connectivity index (χ0) is 22.3. The van der Waals surface area contributed by atoms with E-state index in [9.17, 15) is 9.59 Å². The highest BCUT2D eigenvalue weighted by Crippen LogP contribution is 2.24. The van der Waals surface area contributed by atoms with E-state index in [0.29, 0.717) is 6.42 Å². The maximum atomic E-state index is 12.5. The molecule has 0 radical (unpaired) electrons. The molecule has 0 saturated heterocycles. The summed E-state index contributed by atoms with van der Waals surface area (Å²) in [6.45, 7) is -0.0231. The molecular formula is C22H21N5O5. The Bertz CT molecular complexity index is 1200. The lowest BCUT2D eigenvalue weighted by atomic mass is 10.1. The first-order chi connectivity index (χ1) is 15.6. The molecule has 4 rings (SSSR count). The summed E-state index contributed by atoms with van der Waals surface area (Å²) in [6.07, 6.45) is 0.376. The first-order valence-corrected chi connectivity index (χ1v) is 9.90. The zero-order valence-corrected chi connectivity index (χ0v) is 16.9. The van der Waals surface area contributed by atoms with Crippen molar-refractivity contribution < 1.29 is 23.8 Å². The molecule has 0 aliphatic carbocycles. The number of para-hydroxylation sites is 1. The minimum absolute atomic E-state index is 0.0887. The highest BCUT2D eigenvalue weighted by atomic mass is 16.5. The second-order valence-electron chi connectivity index (χ2n) is 7.02. The maximum Gasteiger partial charge on any atom is 0.408 e. The van der Waals surface area contributed by atoms with Crippen molar-refractivity contribution in [2.24, 2.45) is 0 Å². The van der Waals surface area contributed by atoms with E-state index in [1.165, 1.54) is 0 Å². The van der Waals surface area contributed by atoms with E-state index in [1.807, 2.05) is 60.8 Å². The Morgan fingerprint density at radius 2 is 1.88 bits per heavy atom. The smallest absolute Gasteiger partial charge is 0.408 e. The van der Waals surface area contributed by atoms with Crippen molar-refractivity contribution in [3.05, 3.63) is 83.7 Å². The molecule has 4 aromatic rings. The number of carbonyl (C=O) groups excluding carboxylic acids is 1. The fourth-order valence-corrected chi connectivity index (χ4v) is 3.26. The largest absolute Gasteiger partial charge is 0.465 e. The number of aromatic amines is 1. The number of nitrogens with one attached hydrogen (secondary N) is 3. The van der Waals surface area contributed by atoms with Crippen molar-refractivity contribution in [1.82, 2.24) is 25.8 Å². The van der Waals surface area contributed by atoms with Crippen LogP contribution in [0, 0.1) is 0 Å². The van der Waals surface area contributed by atoms with E-state index in [0.717, 1.165) is 22.0 Å². The van der Waals surface area contributed by atoms with Gasteiger partial charge in [0.25, 0.3) is 0 Å². The normalized spacial score (nSPS) is 11.8. The van der Waals surface area contributed by atoms with Gasteiger partial charge in [-0.15, -0.1) is 10.2 Å². The Balaban J connectivity index is 1.50. The first kappa shape index (κ1) is 20.9. The second kappa shape index (κ2) is 9.65. The van der Waals surface area contributed by atoms with Gasteiger partial charge in [-0.25, -0.2) is 9.59 Å². The van der Waals surface area contributed by atoms with Gasteiger partial charge in [-0.1, -0.05) is 48.5 Å². The number of H-pyrrole nitrogens is 1. The number of carbonyl (C=O) groups is 2. The lowest BCUT2D eigenvalue weighted by Gasteiger charge is -2.15. The average Bonchev–Trinajstić information content (AvgIpc) is 3.44. The van der Waals surface area contributed by atoms with Gasteiger partial charge in [-0.3, -0.25) is 0 Å². The summed E-state index contributed by atoms with van der Waals surface area (Å²) in [5.41, 5.74) is 2.76. The lowest BCUT2D eigenvalue weighted by Crippen LogP contribution is -2.30. The molecular weight excluding hydrogens is 414 g/mol. The SMILES string of the molecule is O=C(O)NCc1nnc([C@H](Cc2c[nH]c3ccccc23)NC(=O)OCc2ccccc2)o1. The van der Waals surface area contributed by atoms with Gasteiger partial charge in [0.05, 0.1) is 6.54 Å². The third-order valence-electron chi connectivity index (χ3n) is 4.78. The lowest BCUT2D eigenvalue weighted by molar-refractivity contribution is 0.133. The Hall–Kier alpha value is -4.34. The number of alkyl carbamates (subject to hydrolysis) is 1. The minimum Gasteiger partial charge on any atom is -0.465 e. The van der Waals surface area contributed by atoms with Crippen molar-refractivity contribution in [2.45, 2.75) is 25.6 Å². The number of carboxylic acid groups (broad SMARTS) is 1. The number of nitrogens with zero attached hydrogens (tertiary/aromatic N) is 2. The summed E-state index contributed by atoms with van der Waals surface area (Å²) in [7, 11) is 0. The minimum atomic E-state index is -1.21. The quantitative estimate of drug-likeness (QED) is 0.332. The number of benzene rings is 2.